The predicted octanol–water partition coefficient (Wildman–Crippen LogP) is 10.4. The van der Waals surface area contributed by atoms with Gasteiger partial charge in [0.15, 0.2) is 17.3 Å². The van der Waals surface area contributed by atoms with Crippen molar-refractivity contribution in [2.75, 3.05) is 0 Å². The Balaban J connectivity index is 1.35. The number of rotatable bonds is 5. The van der Waals surface area contributed by atoms with Crippen LogP contribution in [0.1, 0.15) is 23.3 Å². The molecule has 10 aromatic rings. The van der Waals surface area contributed by atoms with E-state index in [-0.39, 0.29) is 0 Å². The molecule has 0 atom stereocenters. The first-order valence-electron chi connectivity index (χ1n) is 18.3. The number of para-hydroxylation sites is 2. The number of hydrogen-bond acceptors (Lipinski definition) is 7. The molecule has 0 radical (unpaired) electrons. The Hall–Kier alpha value is -7.64. The fraction of sp³-hybridized carbons (Fsp3) is 0.0870. The minimum atomic E-state index is 0.526. The summed E-state index contributed by atoms with van der Waals surface area (Å²) in [4.78, 5) is 36.2. The second-order valence-electron chi connectivity index (χ2n) is 13.9. The summed E-state index contributed by atoms with van der Waals surface area (Å²) in [7, 11) is 0. The molecule has 0 aliphatic rings. The van der Waals surface area contributed by atoms with E-state index in [9.17, 15) is 0 Å². The Morgan fingerprint density at radius 1 is 0.446 bits per heavy atom. The van der Waals surface area contributed by atoms with E-state index in [0.717, 1.165) is 77.2 Å². The van der Waals surface area contributed by atoms with E-state index in [2.05, 4.69) is 120 Å². The van der Waals surface area contributed by atoms with Gasteiger partial charge in [-0.05, 0) is 87.4 Å². The number of benzene rings is 5. The Morgan fingerprint density at radius 2 is 0.893 bits per heavy atom. The van der Waals surface area contributed by atoms with Crippen molar-refractivity contribution in [2.45, 2.75) is 27.7 Å². The number of aryl methyl sites for hydroxylation is 4. The van der Waals surface area contributed by atoms with E-state index in [1.807, 2.05) is 45.9 Å². The molecule has 0 aliphatic carbocycles. The molecule has 5 aromatic carbocycles. The fourth-order valence-electron chi connectivity index (χ4n) is 8.01. The average molecular weight is 725 g/mol. The summed E-state index contributed by atoms with van der Waals surface area (Å²) in [5, 5.41) is 4.36. The molecule has 0 bridgehead atoms. The fourth-order valence-corrected chi connectivity index (χ4v) is 8.01. The van der Waals surface area contributed by atoms with Crippen LogP contribution in [0.4, 0.5) is 5.69 Å². The lowest BCUT2D eigenvalue weighted by Crippen LogP contribution is -2.05. The number of pyridine rings is 1. The maximum absolute atomic E-state index is 8.49. The SMILES string of the molecule is [C-]#[N+]c1cc(-n2c3ccccc3c3ccc(-c4nc(C)nc(C)n4)cc32)c(-n2c3ccccc3c3ccc(-c4nc(C)nc(C)n4)cc32)cc1-c1ccncc1. The molecule has 56 heavy (non-hydrogen) atoms. The first kappa shape index (κ1) is 33.0. The van der Waals surface area contributed by atoms with Gasteiger partial charge in [0.25, 0.3) is 0 Å². The standard InChI is InChI=1S/C46H32N10/c1-26-49-27(2)52-45(51-26)31-14-16-35-33-10-6-8-12-39(33)55(41(35)22-31)43-24-37(30-18-20-48-21-19-30)38(47-5)25-44(43)56-40-13-9-7-11-34(40)36-17-15-32(23-42(36)56)46-53-28(3)50-29(4)54-46/h6-25H,1-4H3. The van der Waals surface area contributed by atoms with Gasteiger partial charge in [-0.3, -0.25) is 4.98 Å². The zero-order valence-corrected chi connectivity index (χ0v) is 31.0. The van der Waals surface area contributed by atoms with Gasteiger partial charge in [-0.15, -0.1) is 0 Å². The minimum Gasteiger partial charge on any atom is -0.308 e. The van der Waals surface area contributed by atoms with E-state index in [0.29, 0.717) is 40.6 Å². The summed E-state index contributed by atoms with van der Waals surface area (Å²) in [6.45, 7) is 16.0. The molecule has 5 heterocycles. The zero-order chi connectivity index (χ0) is 38.1. The largest absolute Gasteiger partial charge is 0.308 e. The van der Waals surface area contributed by atoms with E-state index < -0.39 is 0 Å². The van der Waals surface area contributed by atoms with Gasteiger partial charge in [-0.1, -0.05) is 60.7 Å². The van der Waals surface area contributed by atoms with E-state index in [1.165, 1.54) is 0 Å². The zero-order valence-electron chi connectivity index (χ0n) is 31.0. The second-order valence-corrected chi connectivity index (χ2v) is 13.9. The first-order chi connectivity index (χ1) is 27.3. The molecular weight excluding hydrogens is 693 g/mol. The van der Waals surface area contributed by atoms with Crippen LogP contribution >= 0.6 is 0 Å². The van der Waals surface area contributed by atoms with Crippen molar-refractivity contribution in [2.24, 2.45) is 0 Å². The van der Waals surface area contributed by atoms with Crippen molar-refractivity contribution in [1.29, 1.82) is 0 Å². The first-order valence-corrected chi connectivity index (χ1v) is 18.3. The predicted molar refractivity (Wildman–Crippen MR) is 221 cm³/mol. The van der Waals surface area contributed by atoms with Crippen LogP contribution in [0.15, 0.2) is 122 Å². The average Bonchev–Trinajstić information content (AvgIpc) is 3.72. The molecule has 0 saturated carbocycles. The van der Waals surface area contributed by atoms with E-state index >= 15 is 0 Å². The summed E-state index contributed by atoms with van der Waals surface area (Å²) in [5.41, 5.74) is 9.72. The van der Waals surface area contributed by atoms with Crippen LogP contribution < -0.4 is 0 Å². The van der Waals surface area contributed by atoms with Crippen LogP contribution in [-0.2, 0) is 0 Å². The van der Waals surface area contributed by atoms with Crippen molar-refractivity contribution < 1.29 is 0 Å². The molecule has 0 N–H and O–H groups in total. The van der Waals surface area contributed by atoms with Gasteiger partial charge >= 0.3 is 0 Å². The summed E-state index contributed by atoms with van der Waals surface area (Å²) in [5.74, 6) is 3.89. The van der Waals surface area contributed by atoms with Crippen LogP contribution in [0.25, 0.3) is 93.7 Å². The van der Waals surface area contributed by atoms with Gasteiger partial charge in [0, 0.05) is 45.1 Å². The summed E-state index contributed by atoms with van der Waals surface area (Å²) < 4.78 is 4.59. The van der Waals surface area contributed by atoms with Crippen molar-refractivity contribution in [3.05, 3.63) is 156 Å². The molecule has 0 fully saturated rings. The number of hydrogen-bond donors (Lipinski definition) is 0. The van der Waals surface area contributed by atoms with Gasteiger partial charge in [-0.25, -0.2) is 34.7 Å². The van der Waals surface area contributed by atoms with E-state index in [4.69, 9.17) is 26.5 Å². The lowest BCUT2D eigenvalue weighted by molar-refractivity contribution is 0.928. The topological polar surface area (TPSA) is 104 Å². The van der Waals surface area contributed by atoms with Crippen molar-refractivity contribution in [3.8, 4) is 45.3 Å². The molecule has 0 saturated heterocycles. The molecule has 0 amide bonds. The van der Waals surface area contributed by atoms with Gasteiger partial charge in [-0.2, -0.15) is 0 Å². The van der Waals surface area contributed by atoms with Crippen LogP contribution in [0.5, 0.6) is 0 Å². The van der Waals surface area contributed by atoms with Gasteiger partial charge < -0.3 is 9.13 Å². The third kappa shape index (κ3) is 5.28. The lowest BCUT2D eigenvalue weighted by atomic mass is 10.0. The summed E-state index contributed by atoms with van der Waals surface area (Å²) in [6.07, 6.45) is 3.53. The van der Waals surface area contributed by atoms with Gasteiger partial charge in [0.2, 0.25) is 0 Å². The number of aromatic nitrogens is 9. The van der Waals surface area contributed by atoms with Crippen LogP contribution in [0.3, 0.4) is 0 Å². The number of fused-ring (bicyclic) bond motifs is 6. The molecule has 10 rings (SSSR count). The third-order valence-corrected chi connectivity index (χ3v) is 10.3. The smallest absolute Gasteiger partial charge is 0.197 e. The Kier molecular flexibility index (Phi) is 7.50. The quantitative estimate of drug-likeness (QED) is 0.163. The van der Waals surface area contributed by atoms with Crippen molar-refractivity contribution >= 4 is 49.3 Å². The maximum atomic E-state index is 8.49. The second kappa shape index (κ2) is 12.7. The van der Waals surface area contributed by atoms with Crippen molar-refractivity contribution in [1.82, 2.24) is 44.0 Å². The molecule has 10 heteroatoms. The maximum Gasteiger partial charge on any atom is 0.197 e. The molecule has 10 nitrogen and oxygen atoms in total. The van der Waals surface area contributed by atoms with Gasteiger partial charge in [0.05, 0.1) is 40.0 Å². The van der Waals surface area contributed by atoms with Crippen LogP contribution in [0.2, 0.25) is 0 Å². The molecule has 266 valence electrons. The molecular formula is C46H32N10. The highest BCUT2D eigenvalue weighted by Crippen LogP contribution is 2.44. The van der Waals surface area contributed by atoms with Crippen LogP contribution in [0, 0.1) is 34.3 Å². The molecule has 5 aromatic heterocycles. The highest BCUT2D eigenvalue weighted by molar-refractivity contribution is 6.13. The van der Waals surface area contributed by atoms with Gasteiger partial charge in [0.1, 0.15) is 23.3 Å². The number of nitrogens with zero attached hydrogens (tertiary/aromatic N) is 10. The summed E-state index contributed by atoms with van der Waals surface area (Å²) in [6, 6.07) is 37.7. The van der Waals surface area contributed by atoms with Crippen molar-refractivity contribution in [3.63, 3.8) is 0 Å². The van der Waals surface area contributed by atoms with Crippen LogP contribution in [-0.4, -0.2) is 44.0 Å². The monoisotopic (exact) mass is 724 g/mol. The highest BCUT2D eigenvalue weighted by Gasteiger charge is 2.23. The Labute approximate surface area is 321 Å². The molecule has 0 unspecified atom stereocenters. The highest BCUT2D eigenvalue weighted by atomic mass is 15.1. The molecule has 0 spiro atoms. The normalized spacial score (nSPS) is 11.6. The third-order valence-electron chi connectivity index (χ3n) is 10.3. The lowest BCUT2D eigenvalue weighted by Gasteiger charge is -2.20. The Morgan fingerprint density at radius 3 is 1.38 bits per heavy atom. The van der Waals surface area contributed by atoms with E-state index in [1.54, 1.807) is 12.4 Å². The Bertz CT molecular complexity index is 3220. The molecule has 0 aliphatic heterocycles. The summed E-state index contributed by atoms with van der Waals surface area (Å²) >= 11 is 0. The minimum absolute atomic E-state index is 0.526.